The van der Waals surface area contributed by atoms with Crippen molar-refractivity contribution in [3.63, 3.8) is 0 Å². The van der Waals surface area contributed by atoms with Crippen LogP contribution in [-0.2, 0) is 9.53 Å². The van der Waals surface area contributed by atoms with E-state index in [1.807, 2.05) is 0 Å². The largest absolute Gasteiger partial charge is 0.469 e. The molecule has 0 unspecified atom stereocenters. The van der Waals surface area contributed by atoms with Gasteiger partial charge >= 0.3 is 5.97 Å². The lowest BCUT2D eigenvalue weighted by Gasteiger charge is -2.33. The highest BCUT2D eigenvalue weighted by Crippen LogP contribution is 2.21. The molecule has 23 heavy (non-hydrogen) atoms. The Hall–Kier alpha value is -1.52. The highest BCUT2D eigenvalue weighted by atomic mass is 16.5. The van der Waals surface area contributed by atoms with E-state index in [9.17, 15) is 4.79 Å². The van der Waals surface area contributed by atoms with Crippen molar-refractivity contribution in [3.05, 3.63) is 11.6 Å². The van der Waals surface area contributed by atoms with Gasteiger partial charge in [-0.1, -0.05) is 11.6 Å². The smallest absolute Gasteiger partial charge is 0.308 e. The highest BCUT2D eigenvalue weighted by Gasteiger charge is 2.26. The monoisotopic (exact) mass is 321 g/mol. The Bertz CT molecular complexity index is 438. The predicted molar refractivity (Wildman–Crippen MR) is 93.5 cm³/mol. The molecular formula is C18H31N3O2. The molecule has 0 radical (unpaired) electrons. The molecule has 0 aromatic carbocycles. The number of nitrogens with one attached hydrogen (secondary N) is 1. The van der Waals surface area contributed by atoms with Crippen LogP contribution >= 0.6 is 0 Å². The van der Waals surface area contributed by atoms with E-state index in [0.29, 0.717) is 0 Å². The molecular weight excluding hydrogens is 290 g/mol. The molecule has 1 aliphatic heterocycles. The zero-order valence-corrected chi connectivity index (χ0v) is 14.6. The Labute approximate surface area is 140 Å². The third kappa shape index (κ3) is 5.56. The van der Waals surface area contributed by atoms with Gasteiger partial charge in [-0.25, -0.2) is 0 Å². The van der Waals surface area contributed by atoms with Gasteiger partial charge in [0.2, 0.25) is 0 Å². The quantitative estimate of drug-likeness (QED) is 0.366. The molecule has 0 spiro atoms. The number of carbonyl (C=O) groups excluding carboxylic acids is 1. The maximum absolute atomic E-state index is 11.6. The fraction of sp³-hybridized carbons (Fsp3) is 0.778. The number of methoxy groups -OCH3 is 1. The molecule has 1 saturated heterocycles. The SMILES string of the molecule is CCNC(=NCCC1=CCCCC1)N1CCC(C(=O)OC)CC1. The molecule has 0 amide bonds. The van der Waals surface area contributed by atoms with Crippen molar-refractivity contribution >= 4 is 11.9 Å². The fourth-order valence-electron chi connectivity index (χ4n) is 3.36. The number of hydrogen-bond donors (Lipinski definition) is 1. The molecule has 130 valence electrons. The zero-order chi connectivity index (χ0) is 16.5. The van der Waals surface area contributed by atoms with Crippen LogP contribution in [0.4, 0.5) is 0 Å². The first kappa shape index (κ1) is 17.8. The van der Waals surface area contributed by atoms with Crippen LogP contribution in [0, 0.1) is 5.92 Å². The Kier molecular flexibility index (Phi) is 7.43. The Morgan fingerprint density at radius 3 is 2.78 bits per heavy atom. The van der Waals surface area contributed by atoms with Crippen molar-refractivity contribution in [3.8, 4) is 0 Å². The average molecular weight is 321 g/mol. The first-order chi connectivity index (χ1) is 11.2. The molecule has 1 heterocycles. The summed E-state index contributed by atoms with van der Waals surface area (Å²) in [6, 6.07) is 0. The van der Waals surface area contributed by atoms with Gasteiger partial charge in [-0.3, -0.25) is 9.79 Å². The van der Waals surface area contributed by atoms with Crippen molar-refractivity contribution in [1.82, 2.24) is 10.2 Å². The third-order valence-corrected chi connectivity index (χ3v) is 4.74. The molecule has 0 atom stereocenters. The van der Waals surface area contributed by atoms with Gasteiger partial charge in [-0.15, -0.1) is 0 Å². The van der Waals surface area contributed by atoms with Crippen LogP contribution in [0.3, 0.4) is 0 Å². The minimum atomic E-state index is -0.0733. The summed E-state index contributed by atoms with van der Waals surface area (Å²) in [5.74, 6) is 0.967. The van der Waals surface area contributed by atoms with Crippen LogP contribution in [0.5, 0.6) is 0 Å². The van der Waals surface area contributed by atoms with Crippen LogP contribution in [0.15, 0.2) is 16.6 Å². The molecule has 2 rings (SSSR count). The number of esters is 1. The first-order valence-electron chi connectivity index (χ1n) is 9.03. The van der Waals surface area contributed by atoms with E-state index in [1.54, 1.807) is 5.57 Å². The lowest BCUT2D eigenvalue weighted by Crippen LogP contribution is -2.46. The third-order valence-electron chi connectivity index (χ3n) is 4.74. The number of piperidine rings is 1. The van der Waals surface area contributed by atoms with Crippen molar-refractivity contribution in [2.24, 2.45) is 10.9 Å². The molecule has 1 fully saturated rings. The number of nitrogens with zero attached hydrogens (tertiary/aromatic N) is 2. The Morgan fingerprint density at radius 1 is 1.39 bits per heavy atom. The molecule has 1 aliphatic carbocycles. The van der Waals surface area contributed by atoms with E-state index in [4.69, 9.17) is 9.73 Å². The molecule has 0 aromatic rings. The number of allylic oxidation sites excluding steroid dienone is 1. The summed E-state index contributed by atoms with van der Waals surface area (Å²) in [6.07, 6.45) is 10.3. The van der Waals surface area contributed by atoms with E-state index < -0.39 is 0 Å². The summed E-state index contributed by atoms with van der Waals surface area (Å²) in [6.45, 7) is 5.56. The number of ether oxygens (including phenoxy) is 1. The van der Waals surface area contributed by atoms with Gasteiger partial charge in [-0.2, -0.15) is 0 Å². The number of guanidine groups is 1. The summed E-state index contributed by atoms with van der Waals surface area (Å²) < 4.78 is 4.86. The average Bonchev–Trinajstić information content (AvgIpc) is 2.61. The van der Waals surface area contributed by atoms with Gasteiger partial charge in [0.15, 0.2) is 5.96 Å². The lowest BCUT2D eigenvalue weighted by molar-refractivity contribution is -0.146. The molecule has 2 aliphatic rings. The maximum Gasteiger partial charge on any atom is 0.308 e. The number of aliphatic imine (C=N–C) groups is 1. The minimum absolute atomic E-state index is 0.0477. The van der Waals surface area contributed by atoms with Crippen LogP contribution in [0.1, 0.15) is 51.9 Å². The van der Waals surface area contributed by atoms with E-state index in [2.05, 4.69) is 23.2 Å². The van der Waals surface area contributed by atoms with Crippen LogP contribution < -0.4 is 5.32 Å². The van der Waals surface area contributed by atoms with Crippen LogP contribution in [-0.4, -0.2) is 50.1 Å². The van der Waals surface area contributed by atoms with Crippen LogP contribution in [0.2, 0.25) is 0 Å². The van der Waals surface area contributed by atoms with Crippen molar-refractivity contribution in [2.75, 3.05) is 33.3 Å². The van der Waals surface area contributed by atoms with E-state index in [-0.39, 0.29) is 11.9 Å². The van der Waals surface area contributed by atoms with Gasteiger partial charge in [0, 0.05) is 26.2 Å². The standard InChI is InChI=1S/C18H31N3O2/c1-3-19-18(20-12-9-15-7-5-4-6-8-15)21-13-10-16(11-14-21)17(22)23-2/h7,16H,3-6,8-14H2,1-2H3,(H,19,20). The summed E-state index contributed by atoms with van der Waals surface area (Å²) in [5.41, 5.74) is 1.57. The second kappa shape index (κ2) is 9.58. The molecule has 5 heteroatoms. The zero-order valence-electron chi connectivity index (χ0n) is 14.6. The summed E-state index contributed by atoms with van der Waals surface area (Å²) >= 11 is 0. The summed E-state index contributed by atoms with van der Waals surface area (Å²) in [7, 11) is 1.47. The number of hydrogen-bond acceptors (Lipinski definition) is 3. The molecule has 5 nitrogen and oxygen atoms in total. The number of rotatable bonds is 5. The van der Waals surface area contributed by atoms with E-state index >= 15 is 0 Å². The van der Waals surface area contributed by atoms with Crippen molar-refractivity contribution in [1.29, 1.82) is 0 Å². The molecule has 0 bridgehead atoms. The second-order valence-corrected chi connectivity index (χ2v) is 6.38. The van der Waals surface area contributed by atoms with Gasteiger partial charge in [-0.05, 0) is 51.9 Å². The first-order valence-corrected chi connectivity index (χ1v) is 9.03. The van der Waals surface area contributed by atoms with Gasteiger partial charge in [0.1, 0.15) is 0 Å². The predicted octanol–water partition coefficient (Wildman–Crippen LogP) is 2.73. The maximum atomic E-state index is 11.6. The minimum Gasteiger partial charge on any atom is -0.469 e. The number of carbonyl (C=O) groups is 1. The summed E-state index contributed by atoms with van der Waals surface area (Å²) in [4.78, 5) is 18.7. The van der Waals surface area contributed by atoms with Crippen molar-refractivity contribution < 1.29 is 9.53 Å². The van der Waals surface area contributed by atoms with E-state index in [0.717, 1.165) is 51.4 Å². The normalized spacial score (nSPS) is 20.2. The highest BCUT2D eigenvalue weighted by molar-refractivity contribution is 5.80. The molecule has 0 aromatic heterocycles. The van der Waals surface area contributed by atoms with Crippen molar-refractivity contribution in [2.45, 2.75) is 51.9 Å². The molecule has 1 N–H and O–H groups in total. The fourth-order valence-corrected chi connectivity index (χ4v) is 3.36. The number of likely N-dealkylation sites (tertiary alicyclic amines) is 1. The topological polar surface area (TPSA) is 53.9 Å². The Balaban J connectivity index is 1.84. The van der Waals surface area contributed by atoms with Gasteiger partial charge < -0.3 is 15.0 Å². The summed E-state index contributed by atoms with van der Waals surface area (Å²) in [5, 5.41) is 3.39. The van der Waals surface area contributed by atoms with E-state index in [1.165, 1.54) is 32.8 Å². The van der Waals surface area contributed by atoms with Gasteiger partial charge in [0.05, 0.1) is 13.0 Å². The second-order valence-electron chi connectivity index (χ2n) is 6.38. The Morgan fingerprint density at radius 2 is 2.17 bits per heavy atom. The van der Waals surface area contributed by atoms with Crippen LogP contribution in [0.25, 0.3) is 0 Å². The lowest BCUT2D eigenvalue weighted by atomic mass is 9.97. The molecule has 0 saturated carbocycles. The van der Waals surface area contributed by atoms with Gasteiger partial charge in [0.25, 0.3) is 0 Å².